The van der Waals surface area contributed by atoms with Crippen LogP contribution in [0.3, 0.4) is 0 Å². The van der Waals surface area contributed by atoms with Crippen molar-refractivity contribution in [3.8, 4) is 11.1 Å². The van der Waals surface area contributed by atoms with Gasteiger partial charge in [0.25, 0.3) is 6.71 Å². The lowest BCUT2D eigenvalue weighted by Crippen LogP contribution is -2.67. The molecule has 62 heavy (non-hydrogen) atoms. The Balaban J connectivity index is 1.15. The summed E-state index contributed by atoms with van der Waals surface area (Å²) in [6, 6.07) is 71.1. The fraction of sp³-hybridized carbons (Fsp3) is 0.172. The van der Waals surface area contributed by atoms with Gasteiger partial charge in [0, 0.05) is 56.3 Å². The van der Waals surface area contributed by atoms with E-state index in [1.54, 1.807) is 0 Å². The largest absolute Gasteiger partial charge is 0.334 e. The first-order chi connectivity index (χ1) is 30.4. The maximum Gasteiger partial charge on any atom is 0.252 e. The molecule has 4 heteroatoms. The van der Waals surface area contributed by atoms with Crippen LogP contribution in [0.15, 0.2) is 188 Å². The Kier molecular flexibility index (Phi) is 7.46. The molecule has 0 radical (unpaired) electrons. The number of para-hydroxylation sites is 2. The monoisotopic (exact) mass is 797 g/mol. The van der Waals surface area contributed by atoms with Crippen molar-refractivity contribution < 1.29 is 0 Å². The molecule has 0 amide bonds. The van der Waals surface area contributed by atoms with Crippen molar-refractivity contribution in [2.75, 3.05) is 14.7 Å². The van der Waals surface area contributed by atoms with E-state index < -0.39 is 0 Å². The summed E-state index contributed by atoms with van der Waals surface area (Å²) < 4.78 is 0. The maximum absolute atomic E-state index is 2.77. The predicted octanol–water partition coefficient (Wildman–Crippen LogP) is 12.8. The molecule has 0 bridgehead atoms. The Labute approximate surface area is 366 Å². The maximum atomic E-state index is 2.77. The van der Waals surface area contributed by atoms with Gasteiger partial charge >= 0.3 is 0 Å². The Morgan fingerprint density at radius 3 is 1.55 bits per heavy atom. The fourth-order valence-corrected chi connectivity index (χ4v) is 13.0. The van der Waals surface area contributed by atoms with Crippen molar-refractivity contribution in [1.29, 1.82) is 0 Å². The quantitative estimate of drug-likeness (QED) is 0.161. The van der Waals surface area contributed by atoms with E-state index in [2.05, 4.69) is 224 Å². The highest BCUT2D eigenvalue weighted by Gasteiger charge is 2.58. The fourth-order valence-electron chi connectivity index (χ4n) is 13.0. The molecule has 8 aromatic rings. The number of hydrogen-bond acceptors (Lipinski definition) is 3. The predicted molar refractivity (Wildman–Crippen MR) is 261 cm³/mol. The number of fused-ring (bicyclic) bond motifs is 3. The van der Waals surface area contributed by atoms with Gasteiger partial charge in [-0.2, -0.15) is 0 Å². The van der Waals surface area contributed by atoms with E-state index in [0.29, 0.717) is 0 Å². The molecular weight excluding hydrogens is 749 g/mol. The minimum absolute atomic E-state index is 0.0370. The lowest BCUT2D eigenvalue weighted by atomic mass is 9.28. The molecule has 0 spiro atoms. The zero-order valence-electron chi connectivity index (χ0n) is 35.6. The van der Waals surface area contributed by atoms with Gasteiger partial charge in [0.2, 0.25) is 0 Å². The van der Waals surface area contributed by atoms with Crippen LogP contribution >= 0.6 is 0 Å². The molecule has 13 rings (SSSR count). The third-order valence-corrected chi connectivity index (χ3v) is 16.1. The summed E-state index contributed by atoms with van der Waals surface area (Å²) in [6.45, 7) is 7.63. The van der Waals surface area contributed by atoms with Crippen molar-refractivity contribution >= 4 is 68.6 Å². The normalized spacial score (nSPS) is 22.2. The van der Waals surface area contributed by atoms with E-state index in [9.17, 15) is 0 Å². The van der Waals surface area contributed by atoms with Crippen LogP contribution in [0.2, 0.25) is 0 Å². The lowest BCUT2D eigenvalue weighted by Gasteiger charge is -2.52. The van der Waals surface area contributed by atoms with Gasteiger partial charge < -0.3 is 14.7 Å². The van der Waals surface area contributed by atoms with Crippen LogP contribution in [0.25, 0.3) is 11.1 Å². The second kappa shape index (κ2) is 12.9. The molecular formula is C58H48BN3. The molecule has 1 aliphatic carbocycles. The summed E-state index contributed by atoms with van der Waals surface area (Å²) in [5, 5.41) is 0. The first kappa shape index (κ1) is 35.9. The smallest absolute Gasteiger partial charge is 0.252 e. The van der Waals surface area contributed by atoms with Crippen molar-refractivity contribution in [2.24, 2.45) is 0 Å². The van der Waals surface area contributed by atoms with E-state index in [-0.39, 0.29) is 23.1 Å². The van der Waals surface area contributed by atoms with Crippen LogP contribution in [0.1, 0.15) is 68.7 Å². The Hall–Kier alpha value is -6.78. The Bertz CT molecular complexity index is 3090. The first-order valence-electron chi connectivity index (χ1n) is 22.6. The molecule has 8 aromatic carbocycles. The van der Waals surface area contributed by atoms with Gasteiger partial charge in [-0.25, -0.2) is 0 Å². The van der Waals surface area contributed by atoms with Crippen molar-refractivity contribution in [3.63, 3.8) is 0 Å². The van der Waals surface area contributed by atoms with Crippen LogP contribution in [0.5, 0.6) is 0 Å². The van der Waals surface area contributed by atoms with Crippen molar-refractivity contribution in [1.82, 2.24) is 0 Å². The average Bonchev–Trinajstić information content (AvgIpc) is 3.54. The molecule has 1 saturated carbocycles. The number of nitrogens with zero attached hydrogens (tertiary/aromatic N) is 3. The van der Waals surface area contributed by atoms with Crippen LogP contribution in [-0.2, 0) is 10.8 Å². The SMILES string of the molecule is CC1(c2ccccc2)c2cccc3c2B2c4c(cc(N5c6ccccc6C6(C)CCCCC56C)cc4N(c4ccc(-c5ccccc5)cc4)c4cccc1c42)N3c1ccccc1. The first-order valence-corrected chi connectivity index (χ1v) is 22.6. The molecule has 0 N–H and O–H groups in total. The van der Waals surface area contributed by atoms with Gasteiger partial charge in [0.1, 0.15) is 0 Å². The molecule has 0 saturated heterocycles. The molecule has 3 unspecified atom stereocenters. The minimum atomic E-state index is -0.381. The van der Waals surface area contributed by atoms with Gasteiger partial charge in [0.15, 0.2) is 0 Å². The molecule has 4 heterocycles. The summed E-state index contributed by atoms with van der Waals surface area (Å²) in [4.78, 5) is 7.98. The van der Waals surface area contributed by atoms with E-state index in [1.807, 2.05) is 0 Å². The molecule has 3 atom stereocenters. The minimum Gasteiger partial charge on any atom is -0.334 e. The summed E-state index contributed by atoms with van der Waals surface area (Å²) in [5.41, 5.74) is 21.8. The van der Waals surface area contributed by atoms with Gasteiger partial charge in [0.05, 0.1) is 5.54 Å². The highest BCUT2D eigenvalue weighted by molar-refractivity contribution is 7.01. The van der Waals surface area contributed by atoms with Crippen molar-refractivity contribution in [3.05, 3.63) is 210 Å². The lowest BCUT2D eigenvalue weighted by molar-refractivity contribution is 0.195. The molecule has 4 aliphatic heterocycles. The third-order valence-electron chi connectivity index (χ3n) is 16.1. The topological polar surface area (TPSA) is 9.72 Å². The standard InChI is InChI=1S/C58H48BN3/c1-56-35-15-16-36-57(56,2)62(48-28-14-13-25-45(48)56)44-37-51-55-52(38-44)61(43-33-31-40(32-34-43)39-19-7-4-8-20-39)50-30-18-27-47-54(50)59(55)53-46(58(47,3)41-21-9-5-10-22-41)26-17-29-49(53)60(51)42-23-11-6-12-24-42/h4-14,17-34,37-38H,15-16,35-36H2,1-3H3. The second-order valence-electron chi connectivity index (χ2n) is 18.9. The number of hydrogen-bond donors (Lipinski definition) is 0. The van der Waals surface area contributed by atoms with E-state index in [0.717, 1.165) is 6.42 Å². The molecule has 5 aliphatic rings. The summed E-state index contributed by atoms with van der Waals surface area (Å²) in [7, 11) is 0. The highest BCUT2D eigenvalue weighted by Crippen LogP contribution is 2.62. The van der Waals surface area contributed by atoms with Gasteiger partial charge in [-0.3, -0.25) is 0 Å². The summed E-state index contributed by atoms with van der Waals surface area (Å²) in [5.74, 6) is 0. The number of benzene rings is 8. The summed E-state index contributed by atoms with van der Waals surface area (Å²) >= 11 is 0. The van der Waals surface area contributed by atoms with Crippen LogP contribution in [-0.4, -0.2) is 12.3 Å². The van der Waals surface area contributed by atoms with Crippen molar-refractivity contribution in [2.45, 2.75) is 62.8 Å². The Morgan fingerprint density at radius 2 is 0.903 bits per heavy atom. The van der Waals surface area contributed by atoms with Gasteiger partial charge in [-0.05, 0) is 131 Å². The van der Waals surface area contributed by atoms with E-state index in [4.69, 9.17) is 0 Å². The highest BCUT2D eigenvalue weighted by atomic mass is 15.3. The second-order valence-corrected chi connectivity index (χ2v) is 18.9. The number of anilines is 8. The molecule has 1 fully saturated rings. The molecule has 0 aromatic heterocycles. The zero-order chi connectivity index (χ0) is 41.4. The van der Waals surface area contributed by atoms with Gasteiger partial charge in [-0.15, -0.1) is 0 Å². The zero-order valence-corrected chi connectivity index (χ0v) is 35.6. The van der Waals surface area contributed by atoms with Crippen LogP contribution < -0.4 is 31.1 Å². The molecule has 298 valence electrons. The van der Waals surface area contributed by atoms with Crippen LogP contribution in [0.4, 0.5) is 45.5 Å². The van der Waals surface area contributed by atoms with Crippen LogP contribution in [0, 0.1) is 0 Å². The summed E-state index contributed by atoms with van der Waals surface area (Å²) in [6.07, 6.45) is 4.84. The Morgan fingerprint density at radius 1 is 0.403 bits per heavy atom. The van der Waals surface area contributed by atoms with E-state index >= 15 is 0 Å². The number of rotatable bonds is 5. The average molecular weight is 798 g/mol. The van der Waals surface area contributed by atoms with E-state index in [1.165, 1.54) is 115 Å². The molecule has 3 nitrogen and oxygen atoms in total. The third kappa shape index (κ3) is 4.57. The van der Waals surface area contributed by atoms with Gasteiger partial charge in [-0.1, -0.05) is 153 Å².